The van der Waals surface area contributed by atoms with Crippen LogP contribution in [0.5, 0.6) is 5.75 Å². The summed E-state index contributed by atoms with van der Waals surface area (Å²) in [5.74, 6) is 4.15. The minimum atomic E-state index is -0.932. The Morgan fingerprint density at radius 3 is 2.30 bits per heavy atom. The molecule has 0 bridgehead atoms. The molecule has 3 aromatic carbocycles. The number of nitrogens with one attached hydrogen (secondary N) is 1. The van der Waals surface area contributed by atoms with Crippen LogP contribution in [0.1, 0.15) is 54.2 Å². The first-order chi connectivity index (χ1) is 17.5. The van der Waals surface area contributed by atoms with E-state index < -0.39 is 28.4 Å². The Hall–Kier alpha value is -4.64. The molecular formula is C29H28N2O6. The summed E-state index contributed by atoms with van der Waals surface area (Å²) < 4.78 is 5.51. The molecule has 3 rings (SSSR count). The van der Waals surface area contributed by atoms with Gasteiger partial charge in [0.1, 0.15) is 23.0 Å². The molecule has 190 valence electrons. The number of amides is 1. The van der Waals surface area contributed by atoms with Gasteiger partial charge in [0.2, 0.25) is 0 Å². The van der Waals surface area contributed by atoms with Crippen LogP contribution in [-0.2, 0) is 16.0 Å². The van der Waals surface area contributed by atoms with Crippen LogP contribution in [0.15, 0.2) is 72.8 Å². The molecule has 8 nitrogen and oxygen atoms in total. The molecule has 0 aliphatic heterocycles. The fourth-order valence-corrected chi connectivity index (χ4v) is 3.47. The second-order valence-electron chi connectivity index (χ2n) is 9.34. The number of esters is 1. The average molecular weight is 501 g/mol. The van der Waals surface area contributed by atoms with E-state index in [1.807, 2.05) is 30.3 Å². The van der Waals surface area contributed by atoms with Gasteiger partial charge >= 0.3 is 5.97 Å². The zero-order chi connectivity index (χ0) is 27.0. The zero-order valence-electron chi connectivity index (χ0n) is 20.9. The highest BCUT2D eigenvalue weighted by molar-refractivity contribution is 5.97. The number of phenolic OH excluding ortho intramolecular Hbond substituents is 1. The number of rotatable bonds is 7. The van der Waals surface area contributed by atoms with Gasteiger partial charge in [0.05, 0.1) is 10.5 Å². The monoisotopic (exact) mass is 500 g/mol. The molecule has 0 saturated carbocycles. The van der Waals surface area contributed by atoms with Crippen molar-refractivity contribution in [3.05, 3.63) is 105 Å². The lowest BCUT2D eigenvalue weighted by atomic mass is 10.0. The van der Waals surface area contributed by atoms with Gasteiger partial charge in [-0.3, -0.25) is 14.9 Å². The van der Waals surface area contributed by atoms with Crippen LogP contribution < -0.4 is 5.32 Å². The second-order valence-corrected chi connectivity index (χ2v) is 9.34. The number of nitro groups is 1. The van der Waals surface area contributed by atoms with Crippen LogP contribution in [0.3, 0.4) is 0 Å². The van der Waals surface area contributed by atoms with E-state index in [1.165, 1.54) is 24.3 Å². The number of nitrogens with zero attached hydrogens (tertiary/aromatic N) is 1. The third-order valence-electron chi connectivity index (χ3n) is 5.25. The number of nitro benzene ring substituents is 1. The van der Waals surface area contributed by atoms with E-state index in [2.05, 4.69) is 17.2 Å². The Bertz CT molecular complexity index is 1350. The molecule has 1 amide bonds. The highest BCUT2D eigenvalue weighted by atomic mass is 16.6. The smallest absolute Gasteiger partial charge is 0.329 e. The van der Waals surface area contributed by atoms with Crippen molar-refractivity contribution in [3.63, 3.8) is 0 Å². The van der Waals surface area contributed by atoms with Crippen molar-refractivity contribution in [2.45, 2.75) is 45.3 Å². The maximum Gasteiger partial charge on any atom is 0.329 e. The summed E-state index contributed by atoms with van der Waals surface area (Å²) in [6, 6.07) is 18.7. The van der Waals surface area contributed by atoms with Crippen molar-refractivity contribution < 1.29 is 24.4 Å². The third kappa shape index (κ3) is 7.94. The Morgan fingerprint density at radius 2 is 1.65 bits per heavy atom. The molecule has 8 heteroatoms. The Kier molecular flexibility index (Phi) is 8.64. The number of hydrogen-bond acceptors (Lipinski definition) is 6. The van der Waals surface area contributed by atoms with Crippen LogP contribution in [0.2, 0.25) is 0 Å². The fourth-order valence-electron chi connectivity index (χ4n) is 3.47. The van der Waals surface area contributed by atoms with E-state index in [4.69, 9.17) is 4.74 Å². The van der Waals surface area contributed by atoms with Gasteiger partial charge in [0, 0.05) is 11.6 Å². The van der Waals surface area contributed by atoms with Gasteiger partial charge in [0.25, 0.3) is 11.6 Å². The number of ether oxygens (including phenoxy) is 1. The highest BCUT2D eigenvalue weighted by Crippen LogP contribution is 2.21. The lowest BCUT2D eigenvalue weighted by molar-refractivity contribution is -0.385. The normalized spacial score (nSPS) is 11.5. The first-order valence-electron chi connectivity index (χ1n) is 11.7. The SMILES string of the molecule is CC(C)(C)OC(=O)[C@H](CCc1ccccc1)NC(=O)c1ccc([N+](=O)[O-])c(C#Cc2ccccc2O)c1. The van der Waals surface area contributed by atoms with Crippen molar-refractivity contribution in [2.75, 3.05) is 0 Å². The van der Waals surface area contributed by atoms with E-state index in [9.17, 15) is 24.8 Å². The van der Waals surface area contributed by atoms with E-state index in [0.717, 1.165) is 5.56 Å². The van der Waals surface area contributed by atoms with Crippen LogP contribution >= 0.6 is 0 Å². The molecule has 0 aliphatic carbocycles. The Labute approximate surface area is 215 Å². The van der Waals surface area contributed by atoms with Crippen molar-refractivity contribution in [1.82, 2.24) is 5.32 Å². The topological polar surface area (TPSA) is 119 Å². The van der Waals surface area contributed by atoms with Gasteiger partial charge < -0.3 is 15.2 Å². The standard InChI is InChI=1S/C29H28N2O6/c1-29(2,3)37-28(34)24(17-13-20-9-5-4-6-10-20)30-27(33)23-16-18-25(31(35)36)22(19-23)15-14-21-11-7-8-12-26(21)32/h4-12,16,18-19,24,32H,13,17H2,1-3H3,(H,30,33)/t24-/m0/s1. The first kappa shape index (κ1) is 27.0. The zero-order valence-corrected chi connectivity index (χ0v) is 20.9. The number of aryl methyl sites for hydroxylation is 1. The first-order valence-corrected chi connectivity index (χ1v) is 11.7. The molecule has 0 spiro atoms. The molecule has 0 radical (unpaired) electrons. The molecule has 0 heterocycles. The predicted octanol–water partition coefficient (Wildman–Crippen LogP) is 4.77. The number of carbonyl (C=O) groups is 2. The van der Waals surface area contributed by atoms with Crippen LogP contribution in [0, 0.1) is 22.0 Å². The molecule has 0 saturated heterocycles. The number of para-hydroxylation sites is 1. The lowest BCUT2D eigenvalue weighted by Crippen LogP contribution is -2.44. The minimum absolute atomic E-state index is 0.000920. The van der Waals surface area contributed by atoms with Crippen molar-refractivity contribution in [3.8, 4) is 17.6 Å². The summed E-state index contributed by atoms with van der Waals surface area (Å²) in [6.07, 6.45) is 0.834. The van der Waals surface area contributed by atoms with Crippen LogP contribution in [0.25, 0.3) is 0 Å². The van der Waals surface area contributed by atoms with Crippen molar-refractivity contribution in [1.29, 1.82) is 0 Å². The van der Waals surface area contributed by atoms with Gasteiger partial charge in [-0.05, 0) is 63.4 Å². The van der Waals surface area contributed by atoms with E-state index in [1.54, 1.807) is 39.0 Å². The van der Waals surface area contributed by atoms with Gasteiger partial charge in [0.15, 0.2) is 0 Å². The number of hydrogen-bond donors (Lipinski definition) is 2. The van der Waals surface area contributed by atoms with Gasteiger partial charge in [-0.15, -0.1) is 0 Å². The minimum Gasteiger partial charge on any atom is -0.507 e. The summed E-state index contributed by atoms with van der Waals surface area (Å²) in [6.45, 7) is 5.23. The molecule has 2 N–H and O–H groups in total. The summed E-state index contributed by atoms with van der Waals surface area (Å²) in [7, 11) is 0. The molecule has 0 unspecified atom stereocenters. The Balaban J connectivity index is 1.87. The summed E-state index contributed by atoms with van der Waals surface area (Å²) >= 11 is 0. The number of benzene rings is 3. The highest BCUT2D eigenvalue weighted by Gasteiger charge is 2.27. The number of carbonyl (C=O) groups excluding carboxylic acids is 2. The number of phenols is 1. The largest absolute Gasteiger partial charge is 0.507 e. The Morgan fingerprint density at radius 1 is 1.00 bits per heavy atom. The van der Waals surface area contributed by atoms with Crippen molar-refractivity contribution in [2.24, 2.45) is 0 Å². The molecular weight excluding hydrogens is 472 g/mol. The summed E-state index contributed by atoms with van der Waals surface area (Å²) in [4.78, 5) is 36.9. The van der Waals surface area contributed by atoms with E-state index >= 15 is 0 Å². The molecule has 1 atom stereocenters. The van der Waals surface area contributed by atoms with Crippen LogP contribution in [-0.4, -0.2) is 33.5 Å². The molecule has 37 heavy (non-hydrogen) atoms. The summed E-state index contributed by atoms with van der Waals surface area (Å²) in [5.41, 5.74) is 0.359. The van der Waals surface area contributed by atoms with Gasteiger partial charge in [-0.1, -0.05) is 54.3 Å². The summed E-state index contributed by atoms with van der Waals surface area (Å²) in [5, 5.41) is 24.2. The molecule has 0 aromatic heterocycles. The average Bonchev–Trinajstić information content (AvgIpc) is 2.85. The third-order valence-corrected chi connectivity index (χ3v) is 5.25. The predicted molar refractivity (Wildman–Crippen MR) is 139 cm³/mol. The fraction of sp³-hybridized carbons (Fsp3) is 0.241. The van der Waals surface area contributed by atoms with Gasteiger partial charge in [-0.2, -0.15) is 0 Å². The van der Waals surface area contributed by atoms with Gasteiger partial charge in [-0.25, -0.2) is 4.79 Å². The molecule has 0 aliphatic rings. The van der Waals surface area contributed by atoms with Crippen molar-refractivity contribution >= 4 is 17.6 Å². The second kappa shape index (κ2) is 11.9. The lowest BCUT2D eigenvalue weighted by Gasteiger charge is -2.24. The number of aromatic hydroxyl groups is 1. The van der Waals surface area contributed by atoms with E-state index in [-0.39, 0.29) is 28.1 Å². The van der Waals surface area contributed by atoms with E-state index in [0.29, 0.717) is 12.8 Å². The van der Waals surface area contributed by atoms with Crippen LogP contribution in [0.4, 0.5) is 5.69 Å². The maximum absolute atomic E-state index is 13.1. The molecule has 3 aromatic rings. The maximum atomic E-state index is 13.1. The molecule has 0 fully saturated rings. The quantitative estimate of drug-likeness (QED) is 0.209.